The molecule has 1 aromatic rings. The third-order valence-electron chi connectivity index (χ3n) is 4.07. The highest BCUT2D eigenvalue weighted by Gasteiger charge is 2.32. The minimum absolute atomic E-state index is 0.257. The van der Waals surface area contributed by atoms with Crippen molar-refractivity contribution in [2.45, 2.75) is 45.1 Å². The maximum atomic E-state index is 13.2. The van der Waals surface area contributed by atoms with Crippen molar-refractivity contribution in [3.8, 4) is 0 Å². The predicted octanol–water partition coefficient (Wildman–Crippen LogP) is 2.81. The average molecular weight is 279 g/mol. The molecule has 0 aliphatic heterocycles. The second kappa shape index (κ2) is 5.92. The number of hydrogen-bond donors (Lipinski definition) is 2. The summed E-state index contributed by atoms with van der Waals surface area (Å²) in [5, 5.41) is 13.2. The third kappa shape index (κ3) is 3.57. The van der Waals surface area contributed by atoms with Gasteiger partial charge in [0.2, 0.25) is 0 Å². The molecule has 0 saturated heterocycles. The van der Waals surface area contributed by atoms with E-state index in [1.807, 2.05) is 0 Å². The van der Waals surface area contributed by atoms with Crippen LogP contribution in [0.5, 0.6) is 0 Å². The van der Waals surface area contributed by atoms with E-state index < -0.39 is 5.60 Å². The highest BCUT2D eigenvalue weighted by atomic mass is 19.1. The van der Waals surface area contributed by atoms with Crippen LogP contribution in [0.4, 0.5) is 4.39 Å². The monoisotopic (exact) mass is 279 g/mol. The summed E-state index contributed by atoms with van der Waals surface area (Å²) in [6.07, 6.45) is 3.56. The highest BCUT2D eigenvalue weighted by molar-refractivity contribution is 5.94. The summed E-state index contributed by atoms with van der Waals surface area (Å²) in [6, 6.07) is 4.28. The van der Waals surface area contributed by atoms with Crippen LogP contribution in [0.2, 0.25) is 0 Å². The first-order valence-corrected chi connectivity index (χ1v) is 7.16. The van der Waals surface area contributed by atoms with Gasteiger partial charge in [0, 0.05) is 12.1 Å². The van der Waals surface area contributed by atoms with Gasteiger partial charge in [0.1, 0.15) is 5.82 Å². The van der Waals surface area contributed by atoms with E-state index in [0.29, 0.717) is 17.0 Å². The summed E-state index contributed by atoms with van der Waals surface area (Å²) in [6.45, 7) is 4.00. The molecule has 1 saturated carbocycles. The van der Waals surface area contributed by atoms with Crippen LogP contribution in [0.1, 0.15) is 48.5 Å². The molecule has 2 rings (SSSR count). The lowest BCUT2D eigenvalue weighted by Gasteiger charge is -2.35. The molecule has 1 aliphatic rings. The van der Waals surface area contributed by atoms with Gasteiger partial charge in [-0.05, 0) is 49.4 Å². The van der Waals surface area contributed by atoms with Crippen molar-refractivity contribution >= 4 is 5.91 Å². The van der Waals surface area contributed by atoms with Crippen LogP contribution in [0, 0.1) is 18.7 Å². The van der Waals surface area contributed by atoms with Crippen molar-refractivity contribution in [1.29, 1.82) is 0 Å². The minimum atomic E-state index is -0.803. The summed E-state index contributed by atoms with van der Waals surface area (Å²) in [5.74, 6) is -0.0975. The summed E-state index contributed by atoms with van der Waals surface area (Å²) in [5.41, 5.74) is 0.0709. The molecular formula is C16H22FNO2. The van der Waals surface area contributed by atoms with E-state index in [2.05, 4.69) is 12.2 Å². The molecule has 0 aromatic heterocycles. The van der Waals surface area contributed by atoms with Gasteiger partial charge >= 0.3 is 0 Å². The molecule has 1 aromatic carbocycles. The van der Waals surface area contributed by atoms with E-state index in [4.69, 9.17) is 0 Å². The van der Waals surface area contributed by atoms with Crippen molar-refractivity contribution in [1.82, 2.24) is 5.32 Å². The van der Waals surface area contributed by atoms with Crippen LogP contribution >= 0.6 is 0 Å². The van der Waals surface area contributed by atoms with Crippen molar-refractivity contribution in [2.75, 3.05) is 6.54 Å². The van der Waals surface area contributed by atoms with E-state index in [-0.39, 0.29) is 18.3 Å². The first-order chi connectivity index (χ1) is 9.39. The van der Waals surface area contributed by atoms with Crippen LogP contribution in [0.15, 0.2) is 18.2 Å². The second-order valence-electron chi connectivity index (χ2n) is 6.07. The Morgan fingerprint density at radius 1 is 1.55 bits per heavy atom. The first kappa shape index (κ1) is 15.0. The minimum Gasteiger partial charge on any atom is -0.388 e. The van der Waals surface area contributed by atoms with Crippen LogP contribution in [-0.2, 0) is 0 Å². The Hall–Kier alpha value is -1.42. The zero-order chi connectivity index (χ0) is 14.8. The van der Waals surface area contributed by atoms with Crippen LogP contribution in [0.25, 0.3) is 0 Å². The molecule has 2 N–H and O–H groups in total. The number of rotatable bonds is 3. The number of carbonyl (C=O) groups excluding carboxylic acids is 1. The SMILES string of the molecule is Cc1cc(C(=O)NCC2(O)CCCC(C)C2)ccc1F. The first-order valence-electron chi connectivity index (χ1n) is 7.16. The van der Waals surface area contributed by atoms with E-state index in [9.17, 15) is 14.3 Å². The topological polar surface area (TPSA) is 49.3 Å². The molecule has 20 heavy (non-hydrogen) atoms. The maximum absolute atomic E-state index is 13.2. The fourth-order valence-electron chi connectivity index (χ4n) is 2.93. The fourth-order valence-corrected chi connectivity index (χ4v) is 2.93. The summed E-state index contributed by atoms with van der Waals surface area (Å²) in [7, 11) is 0. The van der Waals surface area contributed by atoms with Crippen molar-refractivity contribution in [3.05, 3.63) is 35.1 Å². The standard InChI is InChI=1S/C16H22FNO2/c1-11-4-3-7-16(20,9-11)10-18-15(19)13-5-6-14(17)12(2)8-13/h5-6,8,11,20H,3-4,7,9-10H2,1-2H3,(H,18,19). The van der Waals surface area contributed by atoms with Crippen molar-refractivity contribution in [3.63, 3.8) is 0 Å². The normalized spacial score (nSPS) is 26.3. The number of nitrogens with one attached hydrogen (secondary N) is 1. The highest BCUT2D eigenvalue weighted by Crippen LogP contribution is 2.31. The molecule has 3 nitrogen and oxygen atoms in total. The summed E-state index contributed by atoms with van der Waals surface area (Å²) in [4.78, 5) is 12.0. The van der Waals surface area contributed by atoms with Crippen LogP contribution < -0.4 is 5.32 Å². The van der Waals surface area contributed by atoms with E-state index in [1.165, 1.54) is 18.2 Å². The van der Waals surface area contributed by atoms with Gasteiger partial charge in [0.15, 0.2) is 0 Å². The second-order valence-corrected chi connectivity index (χ2v) is 6.07. The molecular weight excluding hydrogens is 257 g/mol. The van der Waals surface area contributed by atoms with Gasteiger partial charge in [-0.3, -0.25) is 4.79 Å². The number of aryl methyl sites for hydroxylation is 1. The molecule has 0 bridgehead atoms. The van der Waals surface area contributed by atoms with Gasteiger partial charge in [-0.15, -0.1) is 0 Å². The van der Waals surface area contributed by atoms with Crippen molar-refractivity contribution < 1.29 is 14.3 Å². The molecule has 1 fully saturated rings. The lowest BCUT2D eigenvalue weighted by Crippen LogP contribution is -2.45. The Bertz CT molecular complexity index is 503. The number of amides is 1. The summed E-state index contributed by atoms with van der Waals surface area (Å²) >= 11 is 0. The molecule has 0 spiro atoms. The van der Waals surface area contributed by atoms with Gasteiger partial charge in [-0.25, -0.2) is 4.39 Å². The molecule has 110 valence electrons. The van der Waals surface area contributed by atoms with E-state index >= 15 is 0 Å². The van der Waals surface area contributed by atoms with Crippen LogP contribution in [0.3, 0.4) is 0 Å². The predicted molar refractivity (Wildman–Crippen MR) is 76.1 cm³/mol. The molecule has 2 unspecified atom stereocenters. The third-order valence-corrected chi connectivity index (χ3v) is 4.07. The molecule has 2 atom stereocenters. The van der Waals surface area contributed by atoms with Gasteiger partial charge in [0.05, 0.1) is 5.60 Å². The Morgan fingerprint density at radius 2 is 2.30 bits per heavy atom. The van der Waals surface area contributed by atoms with Gasteiger partial charge in [0.25, 0.3) is 5.91 Å². The molecule has 1 aliphatic carbocycles. The Morgan fingerprint density at radius 3 is 2.95 bits per heavy atom. The van der Waals surface area contributed by atoms with E-state index in [0.717, 1.165) is 25.7 Å². The smallest absolute Gasteiger partial charge is 0.251 e. The maximum Gasteiger partial charge on any atom is 0.251 e. The van der Waals surface area contributed by atoms with Crippen molar-refractivity contribution in [2.24, 2.45) is 5.92 Å². The molecule has 1 amide bonds. The lowest BCUT2D eigenvalue weighted by atomic mass is 9.79. The zero-order valence-electron chi connectivity index (χ0n) is 12.1. The van der Waals surface area contributed by atoms with E-state index in [1.54, 1.807) is 6.92 Å². The quantitative estimate of drug-likeness (QED) is 0.894. The Balaban J connectivity index is 1.96. The van der Waals surface area contributed by atoms with Gasteiger partial charge in [-0.1, -0.05) is 19.8 Å². The van der Waals surface area contributed by atoms with Crippen LogP contribution in [-0.4, -0.2) is 23.2 Å². The lowest BCUT2D eigenvalue weighted by molar-refractivity contribution is -0.0109. The molecule has 0 radical (unpaired) electrons. The Kier molecular flexibility index (Phi) is 4.43. The largest absolute Gasteiger partial charge is 0.388 e. The van der Waals surface area contributed by atoms with Gasteiger partial charge < -0.3 is 10.4 Å². The number of hydrogen-bond acceptors (Lipinski definition) is 2. The molecule has 4 heteroatoms. The number of halogens is 1. The number of carbonyl (C=O) groups is 1. The number of benzene rings is 1. The molecule has 0 heterocycles. The average Bonchev–Trinajstić information content (AvgIpc) is 2.39. The van der Waals surface area contributed by atoms with Gasteiger partial charge in [-0.2, -0.15) is 0 Å². The zero-order valence-corrected chi connectivity index (χ0v) is 12.1. The Labute approximate surface area is 119 Å². The fraction of sp³-hybridized carbons (Fsp3) is 0.562. The summed E-state index contributed by atoms with van der Waals surface area (Å²) < 4.78 is 13.2. The number of aliphatic hydroxyl groups is 1.